The van der Waals surface area contributed by atoms with Crippen LogP contribution in [-0.4, -0.2) is 16.7 Å². The molecule has 0 atom stereocenters. The first-order valence-electron chi connectivity index (χ1n) is 7.18. The predicted molar refractivity (Wildman–Crippen MR) is 84.8 cm³/mol. The standard InChI is InChI=1S/C17H14N2O4/c1-10(2)11-6-8-12(9-7-11)18-16(20)13-4-3-5-14(19(22)23)15(13)17(18)21/h3-10H,1-2H3. The smallest absolute Gasteiger partial charge is 0.268 e. The van der Waals surface area contributed by atoms with Crippen molar-refractivity contribution >= 4 is 23.2 Å². The first kappa shape index (κ1) is 14.9. The monoisotopic (exact) mass is 310 g/mol. The molecule has 0 saturated heterocycles. The maximum absolute atomic E-state index is 12.6. The number of hydrogen-bond acceptors (Lipinski definition) is 4. The number of carbonyl (C=O) groups excluding carboxylic acids is 2. The van der Waals surface area contributed by atoms with Gasteiger partial charge >= 0.3 is 0 Å². The molecule has 2 amide bonds. The average molecular weight is 310 g/mol. The fraction of sp³-hybridized carbons (Fsp3) is 0.176. The van der Waals surface area contributed by atoms with Gasteiger partial charge in [0, 0.05) is 6.07 Å². The van der Waals surface area contributed by atoms with Crippen LogP contribution in [0, 0.1) is 10.1 Å². The van der Waals surface area contributed by atoms with Crippen LogP contribution in [0.1, 0.15) is 46.0 Å². The van der Waals surface area contributed by atoms with Crippen LogP contribution >= 0.6 is 0 Å². The molecule has 0 aliphatic carbocycles. The van der Waals surface area contributed by atoms with E-state index in [9.17, 15) is 19.7 Å². The fourth-order valence-electron chi connectivity index (χ4n) is 2.66. The summed E-state index contributed by atoms with van der Waals surface area (Å²) in [7, 11) is 0. The number of fused-ring (bicyclic) bond motifs is 1. The van der Waals surface area contributed by atoms with Crippen LogP contribution in [0.5, 0.6) is 0 Å². The molecule has 23 heavy (non-hydrogen) atoms. The van der Waals surface area contributed by atoms with E-state index in [0.717, 1.165) is 10.5 Å². The number of nitrogens with zero attached hydrogens (tertiary/aromatic N) is 2. The van der Waals surface area contributed by atoms with Crippen molar-refractivity contribution in [2.45, 2.75) is 19.8 Å². The van der Waals surface area contributed by atoms with Gasteiger partial charge in [0.1, 0.15) is 5.56 Å². The Morgan fingerprint density at radius 1 is 1.00 bits per heavy atom. The molecule has 0 bridgehead atoms. The topological polar surface area (TPSA) is 80.5 Å². The normalized spacial score (nSPS) is 13.6. The van der Waals surface area contributed by atoms with Crippen molar-refractivity contribution in [1.29, 1.82) is 0 Å². The van der Waals surface area contributed by atoms with E-state index in [1.165, 1.54) is 18.2 Å². The molecule has 0 fully saturated rings. The molecule has 2 aromatic carbocycles. The molecule has 0 radical (unpaired) electrons. The summed E-state index contributed by atoms with van der Waals surface area (Å²) < 4.78 is 0. The first-order valence-corrected chi connectivity index (χ1v) is 7.18. The second kappa shape index (κ2) is 5.31. The van der Waals surface area contributed by atoms with Gasteiger partial charge in [0.2, 0.25) is 0 Å². The molecule has 0 spiro atoms. The highest BCUT2D eigenvalue weighted by molar-refractivity contribution is 6.35. The Labute approximate surface area is 132 Å². The zero-order valence-corrected chi connectivity index (χ0v) is 12.6. The minimum atomic E-state index is -0.658. The Morgan fingerprint density at radius 2 is 1.65 bits per heavy atom. The number of nitro benzene ring substituents is 1. The zero-order valence-electron chi connectivity index (χ0n) is 12.6. The lowest BCUT2D eigenvalue weighted by Crippen LogP contribution is -2.29. The molecule has 2 aromatic rings. The molecule has 0 N–H and O–H groups in total. The Bertz CT molecular complexity index is 825. The number of anilines is 1. The molecule has 6 heteroatoms. The summed E-state index contributed by atoms with van der Waals surface area (Å²) in [6.07, 6.45) is 0. The van der Waals surface area contributed by atoms with Crippen LogP contribution in [0.2, 0.25) is 0 Å². The second-order valence-corrected chi connectivity index (χ2v) is 5.65. The van der Waals surface area contributed by atoms with Gasteiger partial charge in [-0.2, -0.15) is 0 Å². The van der Waals surface area contributed by atoms with Crippen molar-refractivity contribution in [3.05, 3.63) is 69.3 Å². The van der Waals surface area contributed by atoms with Gasteiger partial charge in [0.15, 0.2) is 0 Å². The van der Waals surface area contributed by atoms with E-state index in [1.807, 2.05) is 26.0 Å². The van der Waals surface area contributed by atoms with E-state index in [2.05, 4.69) is 0 Å². The lowest BCUT2D eigenvalue weighted by atomic mass is 10.0. The minimum Gasteiger partial charge on any atom is -0.268 e. The highest BCUT2D eigenvalue weighted by Crippen LogP contribution is 2.34. The van der Waals surface area contributed by atoms with Gasteiger partial charge in [0.25, 0.3) is 17.5 Å². The van der Waals surface area contributed by atoms with Crippen molar-refractivity contribution < 1.29 is 14.5 Å². The predicted octanol–water partition coefficient (Wildman–Crippen LogP) is 3.52. The molecule has 116 valence electrons. The highest BCUT2D eigenvalue weighted by Gasteiger charge is 2.41. The summed E-state index contributed by atoms with van der Waals surface area (Å²) in [5.41, 5.74) is 1.07. The number of imide groups is 1. The minimum absolute atomic E-state index is 0.0668. The van der Waals surface area contributed by atoms with Crippen molar-refractivity contribution in [2.75, 3.05) is 4.90 Å². The highest BCUT2D eigenvalue weighted by atomic mass is 16.6. The van der Waals surface area contributed by atoms with Gasteiger partial charge < -0.3 is 0 Å². The second-order valence-electron chi connectivity index (χ2n) is 5.65. The van der Waals surface area contributed by atoms with Crippen molar-refractivity contribution in [3.8, 4) is 0 Å². The van der Waals surface area contributed by atoms with Crippen LogP contribution in [0.4, 0.5) is 11.4 Å². The number of benzene rings is 2. The SMILES string of the molecule is CC(C)c1ccc(N2C(=O)c3cccc([N+](=O)[O-])c3C2=O)cc1. The number of carbonyl (C=O) groups is 2. The van der Waals surface area contributed by atoms with Crippen molar-refractivity contribution in [3.63, 3.8) is 0 Å². The van der Waals surface area contributed by atoms with Crippen LogP contribution in [0.3, 0.4) is 0 Å². The van der Waals surface area contributed by atoms with Gasteiger partial charge in [-0.3, -0.25) is 19.7 Å². The third kappa shape index (κ3) is 2.28. The maximum atomic E-state index is 12.6. The first-order chi connectivity index (χ1) is 10.9. The van der Waals surface area contributed by atoms with Gasteiger partial charge in [0.05, 0.1) is 16.2 Å². The summed E-state index contributed by atoms with van der Waals surface area (Å²) in [6, 6.07) is 11.1. The zero-order chi connectivity index (χ0) is 16.7. The molecule has 0 unspecified atom stereocenters. The van der Waals surface area contributed by atoms with E-state index in [-0.39, 0.29) is 16.8 Å². The molecule has 1 aliphatic rings. The average Bonchev–Trinajstić information content (AvgIpc) is 2.79. The lowest BCUT2D eigenvalue weighted by molar-refractivity contribution is -0.385. The van der Waals surface area contributed by atoms with Gasteiger partial charge in [-0.05, 0) is 29.7 Å². The number of rotatable bonds is 3. The Kier molecular flexibility index (Phi) is 3.44. The summed E-state index contributed by atoms with van der Waals surface area (Å²) in [4.78, 5) is 36.5. The number of amides is 2. The van der Waals surface area contributed by atoms with Crippen LogP contribution in [0.25, 0.3) is 0 Å². The van der Waals surface area contributed by atoms with Gasteiger partial charge in [-0.15, -0.1) is 0 Å². The Hall–Kier alpha value is -3.02. The molecular formula is C17H14N2O4. The Morgan fingerprint density at radius 3 is 2.22 bits per heavy atom. The third-order valence-corrected chi connectivity index (χ3v) is 3.91. The summed E-state index contributed by atoms with van der Waals surface area (Å²) in [5, 5.41) is 11.1. The summed E-state index contributed by atoms with van der Waals surface area (Å²) in [6.45, 7) is 4.08. The third-order valence-electron chi connectivity index (χ3n) is 3.91. The summed E-state index contributed by atoms with van der Waals surface area (Å²) in [5.74, 6) is -0.868. The summed E-state index contributed by atoms with van der Waals surface area (Å²) >= 11 is 0. The van der Waals surface area contributed by atoms with Crippen molar-refractivity contribution in [1.82, 2.24) is 0 Å². The van der Waals surface area contributed by atoms with Crippen LogP contribution in [-0.2, 0) is 0 Å². The molecule has 0 aromatic heterocycles. The quantitative estimate of drug-likeness (QED) is 0.493. The molecule has 3 rings (SSSR count). The van der Waals surface area contributed by atoms with E-state index in [4.69, 9.17) is 0 Å². The van der Waals surface area contributed by atoms with Gasteiger partial charge in [-0.25, -0.2) is 4.90 Å². The lowest BCUT2D eigenvalue weighted by Gasteiger charge is -2.15. The molecule has 1 heterocycles. The fourth-order valence-corrected chi connectivity index (χ4v) is 2.66. The number of hydrogen-bond donors (Lipinski definition) is 0. The van der Waals surface area contributed by atoms with E-state index in [0.29, 0.717) is 11.6 Å². The number of nitro groups is 1. The molecule has 1 aliphatic heterocycles. The Balaban J connectivity index is 2.07. The van der Waals surface area contributed by atoms with Gasteiger partial charge in [-0.1, -0.05) is 32.0 Å². The van der Waals surface area contributed by atoms with E-state index in [1.54, 1.807) is 12.1 Å². The maximum Gasteiger partial charge on any atom is 0.283 e. The van der Waals surface area contributed by atoms with Crippen LogP contribution < -0.4 is 4.90 Å². The van der Waals surface area contributed by atoms with Crippen molar-refractivity contribution in [2.24, 2.45) is 0 Å². The van der Waals surface area contributed by atoms with E-state index >= 15 is 0 Å². The molecule has 6 nitrogen and oxygen atoms in total. The molecular weight excluding hydrogens is 296 g/mol. The van der Waals surface area contributed by atoms with E-state index < -0.39 is 16.7 Å². The molecule has 0 saturated carbocycles. The van der Waals surface area contributed by atoms with Crippen LogP contribution in [0.15, 0.2) is 42.5 Å². The largest absolute Gasteiger partial charge is 0.283 e.